The van der Waals surface area contributed by atoms with Gasteiger partial charge in [-0.05, 0) is 12.8 Å². The van der Waals surface area contributed by atoms with Gasteiger partial charge in [-0.2, -0.15) is 0 Å². The fraction of sp³-hybridized carbons (Fsp3) is 0.714. The standard InChI is InChI=1S/C14H23N3OS/c1-14(2,3)11-8-19-13(16-11)17-12(18)9-6-4-5-7-10(9)15/h8-10H,4-7,15H2,1-3H3,(H,16,17,18). The molecule has 1 saturated carbocycles. The van der Waals surface area contributed by atoms with E-state index >= 15 is 0 Å². The number of nitrogens with one attached hydrogen (secondary N) is 1. The number of thiazole rings is 1. The van der Waals surface area contributed by atoms with Crippen LogP contribution < -0.4 is 11.1 Å². The molecule has 0 bridgehead atoms. The molecule has 1 fully saturated rings. The van der Waals surface area contributed by atoms with Gasteiger partial charge < -0.3 is 11.1 Å². The third kappa shape index (κ3) is 3.54. The summed E-state index contributed by atoms with van der Waals surface area (Å²) in [5.41, 5.74) is 7.06. The van der Waals surface area contributed by atoms with Gasteiger partial charge in [0.2, 0.25) is 5.91 Å². The first kappa shape index (κ1) is 14.5. The van der Waals surface area contributed by atoms with Gasteiger partial charge in [-0.3, -0.25) is 4.79 Å². The number of carbonyl (C=O) groups excluding carboxylic acids is 1. The Kier molecular flexibility index (Phi) is 4.26. The van der Waals surface area contributed by atoms with E-state index in [0.717, 1.165) is 31.4 Å². The van der Waals surface area contributed by atoms with Gasteiger partial charge in [0.05, 0.1) is 11.6 Å². The quantitative estimate of drug-likeness (QED) is 0.876. The summed E-state index contributed by atoms with van der Waals surface area (Å²) in [6.07, 6.45) is 4.07. The predicted molar refractivity (Wildman–Crippen MR) is 79.4 cm³/mol. The van der Waals surface area contributed by atoms with Crippen LogP contribution in [0.2, 0.25) is 0 Å². The summed E-state index contributed by atoms with van der Waals surface area (Å²) in [4.78, 5) is 16.7. The topological polar surface area (TPSA) is 68.0 Å². The zero-order valence-corrected chi connectivity index (χ0v) is 12.7. The molecule has 2 rings (SSSR count). The number of rotatable bonds is 2. The first-order chi connectivity index (χ1) is 8.88. The van der Waals surface area contributed by atoms with E-state index in [1.165, 1.54) is 11.3 Å². The molecular weight excluding hydrogens is 258 g/mol. The van der Waals surface area contributed by atoms with Crippen LogP contribution in [-0.2, 0) is 10.2 Å². The van der Waals surface area contributed by atoms with Crippen LogP contribution in [0.4, 0.5) is 5.13 Å². The summed E-state index contributed by atoms with van der Waals surface area (Å²) in [7, 11) is 0. The molecule has 1 aromatic heterocycles. The summed E-state index contributed by atoms with van der Waals surface area (Å²) in [6, 6.07) is -0.00389. The van der Waals surface area contributed by atoms with Crippen molar-refractivity contribution in [2.24, 2.45) is 11.7 Å². The van der Waals surface area contributed by atoms with E-state index in [0.29, 0.717) is 5.13 Å². The van der Waals surface area contributed by atoms with Crippen molar-refractivity contribution in [3.63, 3.8) is 0 Å². The summed E-state index contributed by atoms with van der Waals surface area (Å²) < 4.78 is 0. The maximum Gasteiger partial charge on any atom is 0.230 e. The highest BCUT2D eigenvalue weighted by Gasteiger charge is 2.29. The molecule has 0 saturated heterocycles. The zero-order valence-electron chi connectivity index (χ0n) is 11.9. The molecule has 1 amide bonds. The van der Waals surface area contributed by atoms with E-state index in [-0.39, 0.29) is 23.3 Å². The van der Waals surface area contributed by atoms with Gasteiger partial charge in [-0.15, -0.1) is 11.3 Å². The number of nitrogens with two attached hydrogens (primary N) is 1. The van der Waals surface area contributed by atoms with E-state index in [1.807, 2.05) is 5.38 Å². The lowest BCUT2D eigenvalue weighted by molar-refractivity contribution is -0.121. The molecule has 0 spiro atoms. The number of amides is 1. The molecule has 2 unspecified atom stereocenters. The van der Waals surface area contributed by atoms with Crippen molar-refractivity contribution in [3.8, 4) is 0 Å². The molecule has 19 heavy (non-hydrogen) atoms. The third-order valence-electron chi connectivity index (χ3n) is 3.66. The van der Waals surface area contributed by atoms with Crippen molar-refractivity contribution in [1.29, 1.82) is 0 Å². The lowest BCUT2D eigenvalue weighted by Crippen LogP contribution is -2.40. The lowest BCUT2D eigenvalue weighted by atomic mass is 9.84. The van der Waals surface area contributed by atoms with Crippen molar-refractivity contribution < 1.29 is 4.79 Å². The fourth-order valence-electron chi connectivity index (χ4n) is 2.36. The van der Waals surface area contributed by atoms with Gasteiger partial charge in [0.25, 0.3) is 0 Å². The molecule has 2 atom stereocenters. The average Bonchev–Trinajstić information content (AvgIpc) is 2.77. The van der Waals surface area contributed by atoms with Gasteiger partial charge in [0, 0.05) is 16.8 Å². The monoisotopic (exact) mass is 281 g/mol. The summed E-state index contributed by atoms with van der Waals surface area (Å²) in [5.74, 6) is -0.0299. The SMILES string of the molecule is CC(C)(C)c1csc(NC(=O)C2CCCCC2N)n1. The minimum atomic E-state index is -0.0595. The van der Waals surface area contributed by atoms with Crippen molar-refractivity contribution in [1.82, 2.24) is 4.98 Å². The van der Waals surface area contributed by atoms with E-state index in [2.05, 4.69) is 31.1 Å². The minimum Gasteiger partial charge on any atom is -0.327 e. The van der Waals surface area contributed by atoms with Crippen LogP contribution >= 0.6 is 11.3 Å². The second kappa shape index (κ2) is 5.59. The molecule has 106 valence electrons. The molecule has 5 heteroatoms. The van der Waals surface area contributed by atoms with Crippen molar-refractivity contribution in [3.05, 3.63) is 11.1 Å². The van der Waals surface area contributed by atoms with Crippen LogP contribution in [0, 0.1) is 5.92 Å². The van der Waals surface area contributed by atoms with Gasteiger partial charge in [-0.1, -0.05) is 33.6 Å². The number of anilines is 1. The Morgan fingerprint density at radius 1 is 1.42 bits per heavy atom. The number of nitrogens with zero attached hydrogens (tertiary/aromatic N) is 1. The number of hydrogen-bond acceptors (Lipinski definition) is 4. The van der Waals surface area contributed by atoms with E-state index in [4.69, 9.17) is 5.73 Å². The Labute approximate surface area is 118 Å². The maximum absolute atomic E-state index is 12.2. The molecule has 3 N–H and O–H groups in total. The molecule has 1 aromatic rings. The Morgan fingerprint density at radius 3 is 2.68 bits per heavy atom. The average molecular weight is 281 g/mol. The van der Waals surface area contributed by atoms with E-state index < -0.39 is 0 Å². The number of hydrogen-bond donors (Lipinski definition) is 2. The van der Waals surface area contributed by atoms with Gasteiger partial charge >= 0.3 is 0 Å². The second-order valence-electron chi connectivity index (χ2n) is 6.33. The predicted octanol–water partition coefficient (Wildman–Crippen LogP) is 2.90. The number of aromatic nitrogens is 1. The van der Waals surface area contributed by atoms with E-state index in [1.54, 1.807) is 0 Å². The highest BCUT2D eigenvalue weighted by molar-refractivity contribution is 7.13. The Bertz CT molecular complexity index is 450. The van der Waals surface area contributed by atoms with Gasteiger partial charge in [0.1, 0.15) is 0 Å². The Morgan fingerprint density at radius 2 is 2.11 bits per heavy atom. The molecule has 0 aliphatic heterocycles. The van der Waals surface area contributed by atoms with Crippen LogP contribution in [0.3, 0.4) is 0 Å². The minimum absolute atomic E-state index is 0.00389. The molecule has 1 aliphatic carbocycles. The normalized spacial score (nSPS) is 24.2. The van der Waals surface area contributed by atoms with Crippen LogP contribution in [0.25, 0.3) is 0 Å². The largest absolute Gasteiger partial charge is 0.327 e. The van der Waals surface area contributed by atoms with Crippen molar-refractivity contribution in [2.75, 3.05) is 5.32 Å². The zero-order chi connectivity index (χ0) is 14.0. The molecular formula is C14H23N3OS. The van der Waals surface area contributed by atoms with Crippen LogP contribution in [0.15, 0.2) is 5.38 Å². The molecule has 1 heterocycles. The van der Waals surface area contributed by atoms with Crippen LogP contribution in [-0.4, -0.2) is 16.9 Å². The number of carbonyl (C=O) groups is 1. The van der Waals surface area contributed by atoms with Gasteiger partial charge in [0.15, 0.2) is 5.13 Å². The first-order valence-electron chi connectivity index (χ1n) is 6.90. The third-order valence-corrected chi connectivity index (χ3v) is 4.42. The molecule has 1 aliphatic rings. The van der Waals surface area contributed by atoms with E-state index in [9.17, 15) is 4.79 Å². The summed E-state index contributed by atoms with van der Waals surface area (Å²) in [5, 5.41) is 5.62. The summed E-state index contributed by atoms with van der Waals surface area (Å²) in [6.45, 7) is 6.35. The molecule has 4 nitrogen and oxygen atoms in total. The summed E-state index contributed by atoms with van der Waals surface area (Å²) >= 11 is 1.49. The maximum atomic E-state index is 12.2. The second-order valence-corrected chi connectivity index (χ2v) is 7.19. The Hall–Kier alpha value is -0.940. The fourth-order valence-corrected chi connectivity index (χ4v) is 3.30. The van der Waals surface area contributed by atoms with Crippen molar-refractivity contribution in [2.45, 2.75) is 57.9 Å². The molecule has 0 aromatic carbocycles. The molecule has 0 radical (unpaired) electrons. The van der Waals surface area contributed by atoms with Gasteiger partial charge in [-0.25, -0.2) is 4.98 Å². The van der Waals surface area contributed by atoms with Crippen LogP contribution in [0.5, 0.6) is 0 Å². The highest BCUT2D eigenvalue weighted by Crippen LogP contribution is 2.28. The smallest absolute Gasteiger partial charge is 0.230 e. The first-order valence-corrected chi connectivity index (χ1v) is 7.78. The van der Waals surface area contributed by atoms with Crippen LogP contribution in [0.1, 0.15) is 52.1 Å². The van der Waals surface area contributed by atoms with Crippen molar-refractivity contribution >= 4 is 22.4 Å². The lowest BCUT2D eigenvalue weighted by Gasteiger charge is -2.26. The highest BCUT2D eigenvalue weighted by atomic mass is 32.1. The Balaban J connectivity index is 2.00.